The lowest BCUT2D eigenvalue weighted by molar-refractivity contribution is 0.0522. The molecule has 1 aliphatic rings. The average molecular weight is 289 g/mol. The largest absolute Gasteiger partial charge is 0.462 e. The Balaban J connectivity index is 2.50. The minimum absolute atomic E-state index is 0.153. The van der Waals surface area contributed by atoms with Crippen LogP contribution in [0.2, 0.25) is 0 Å². The third-order valence-electron chi connectivity index (χ3n) is 4.01. The van der Waals surface area contributed by atoms with Crippen LogP contribution in [0.5, 0.6) is 0 Å². The minimum atomic E-state index is -0.236. The Bertz CT molecular complexity index is 515. The number of aromatic nitrogens is 1. The van der Waals surface area contributed by atoms with Gasteiger partial charge < -0.3 is 4.74 Å². The van der Waals surface area contributed by atoms with E-state index in [0.717, 1.165) is 18.5 Å². The number of ether oxygens (including phenoxy) is 1. The first-order valence-corrected chi connectivity index (χ1v) is 8.14. The van der Waals surface area contributed by atoms with Crippen molar-refractivity contribution in [3.8, 4) is 0 Å². The van der Waals surface area contributed by atoms with Gasteiger partial charge in [-0.3, -0.25) is 4.98 Å². The predicted octanol–water partition coefficient (Wildman–Crippen LogP) is 4.21. The van der Waals surface area contributed by atoms with Gasteiger partial charge in [0.25, 0.3) is 0 Å². The van der Waals surface area contributed by atoms with Crippen LogP contribution in [0, 0.1) is 0 Å². The standard InChI is InChI=1S/C18H27NO2/c1-5-21-17(20)14-12-13-10-8-6-7-9-11-15(13)19-16(14)18(2,3)4/h12H,5-11H2,1-4H3. The molecule has 2 rings (SSSR count). The minimum Gasteiger partial charge on any atom is -0.462 e. The zero-order valence-corrected chi connectivity index (χ0v) is 13.8. The van der Waals surface area contributed by atoms with E-state index in [0.29, 0.717) is 12.2 Å². The van der Waals surface area contributed by atoms with Gasteiger partial charge in [-0.1, -0.05) is 33.6 Å². The summed E-state index contributed by atoms with van der Waals surface area (Å²) in [5.74, 6) is -0.236. The Morgan fingerprint density at radius 1 is 1.19 bits per heavy atom. The van der Waals surface area contributed by atoms with Crippen LogP contribution in [-0.4, -0.2) is 17.6 Å². The van der Waals surface area contributed by atoms with Gasteiger partial charge in [-0.2, -0.15) is 0 Å². The summed E-state index contributed by atoms with van der Waals surface area (Å²) in [5, 5.41) is 0. The highest BCUT2D eigenvalue weighted by Crippen LogP contribution is 2.29. The maximum atomic E-state index is 12.3. The maximum Gasteiger partial charge on any atom is 0.340 e. The maximum absolute atomic E-state index is 12.3. The Hall–Kier alpha value is -1.38. The number of pyridine rings is 1. The summed E-state index contributed by atoms with van der Waals surface area (Å²) in [6.07, 6.45) is 7.00. The molecule has 3 nitrogen and oxygen atoms in total. The highest BCUT2D eigenvalue weighted by molar-refractivity contribution is 5.91. The molecule has 21 heavy (non-hydrogen) atoms. The van der Waals surface area contributed by atoms with Crippen molar-refractivity contribution in [1.82, 2.24) is 4.98 Å². The van der Waals surface area contributed by atoms with Crippen LogP contribution in [0.1, 0.15) is 80.7 Å². The Morgan fingerprint density at radius 2 is 1.86 bits per heavy atom. The molecule has 1 aromatic heterocycles. The summed E-state index contributed by atoms with van der Waals surface area (Å²) in [5.41, 5.74) is 3.81. The predicted molar refractivity (Wildman–Crippen MR) is 84.8 cm³/mol. The number of esters is 1. The molecule has 0 radical (unpaired) electrons. The normalized spacial score (nSPS) is 15.8. The molecule has 0 spiro atoms. The lowest BCUT2D eigenvalue weighted by Crippen LogP contribution is -2.22. The molecule has 3 heteroatoms. The molecule has 0 saturated heterocycles. The number of aryl methyl sites for hydroxylation is 2. The molecule has 1 aliphatic carbocycles. The molecule has 0 amide bonds. The summed E-state index contributed by atoms with van der Waals surface area (Å²) in [6.45, 7) is 8.56. The summed E-state index contributed by atoms with van der Waals surface area (Å²) in [6, 6.07) is 2.05. The van der Waals surface area contributed by atoms with Gasteiger partial charge in [0.2, 0.25) is 0 Å². The van der Waals surface area contributed by atoms with Gasteiger partial charge in [0.1, 0.15) is 0 Å². The van der Waals surface area contributed by atoms with Crippen LogP contribution in [-0.2, 0) is 23.0 Å². The molecule has 0 unspecified atom stereocenters. The molecule has 0 bridgehead atoms. The summed E-state index contributed by atoms with van der Waals surface area (Å²) < 4.78 is 5.23. The number of hydrogen-bond acceptors (Lipinski definition) is 3. The number of fused-ring (bicyclic) bond motifs is 1. The first kappa shape index (κ1) is 16.0. The van der Waals surface area contributed by atoms with E-state index in [4.69, 9.17) is 9.72 Å². The van der Waals surface area contributed by atoms with Crippen LogP contribution in [0.25, 0.3) is 0 Å². The van der Waals surface area contributed by atoms with Gasteiger partial charge in [0.15, 0.2) is 0 Å². The lowest BCUT2D eigenvalue weighted by Gasteiger charge is -2.24. The van der Waals surface area contributed by atoms with Gasteiger partial charge in [0, 0.05) is 11.1 Å². The fourth-order valence-corrected chi connectivity index (χ4v) is 2.92. The van der Waals surface area contributed by atoms with E-state index in [9.17, 15) is 4.79 Å². The van der Waals surface area contributed by atoms with Gasteiger partial charge in [0.05, 0.1) is 17.9 Å². The molecule has 0 aliphatic heterocycles. The second kappa shape index (κ2) is 6.59. The molecule has 0 atom stereocenters. The average Bonchev–Trinajstić information content (AvgIpc) is 2.37. The van der Waals surface area contributed by atoms with Crippen molar-refractivity contribution >= 4 is 5.97 Å². The highest BCUT2D eigenvalue weighted by atomic mass is 16.5. The topological polar surface area (TPSA) is 39.2 Å². The van der Waals surface area contributed by atoms with Crippen molar-refractivity contribution in [2.24, 2.45) is 0 Å². The van der Waals surface area contributed by atoms with E-state index >= 15 is 0 Å². The van der Waals surface area contributed by atoms with Crippen LogP contribution in [0.4, 0.5) is 0 Å². The van der Waals surface area contributed by atoms with E-state index < -0.39 is 0 Å². The Morgan fingerprint density at radius 3 is 2.48 bits per heavy atom. The third-order valence-corrected chi connectivity index (χ3v) is 4.01. The highest BCUT2D eigenvalue weighted by Gasteiger charge is 2.26. The van der Waals surface area contributed by atoms with Crippen LogP contribution >= 0.6 is 0 Å². The zero-order valence-electron chi connectivity index (χ0n) is 13.8. The molecule has 116 valence electrons. The second-order valence-corrected chi connectivity index (χ2v) is 6.88. The van der Waals surface area contributed by atoms with E-state index in [1.165, 1.54) is 36.9 Å². The molecule has 1 heterocycles. The van der Waals surface area contributed by atoms with Crippen molar-refractivity contribution < 1.29 is 9.53 Å². The van der Waals surface area contributed by atoms with E-state index in [-0.39, 0.29) is 11.4 Å². The van der Waals surface area contributed by atoms with E-state index in [2.05, 4.69) is 20.8 Å². The van der Waals surface area contributed by atoms with Gasteiger partial charge in [-0.15, -0.1) is 0 Å². The van der Waals surface area contributed by atoms with Gasteiger partial charge in [-0.25, -0.2) is 4.79 Å². The molecular weight excluding hydrogens is 262 g/mol. The lowest BCUT2D eigenvalue weighted by atomic mass is 9.86. The van der Waals surface area contributed by atoms with Crippen molar-refractivity contribution in [2.45, 2.75) is 71.6 Å². The summed E-state index contributed by atoms with van der Waals surface area (Å²) in [4.78, 5) is 17.2. The van der Waals surface area contributed by atoms with E-state index in [1.54, 1.807) is 0 Å². The fourth-order valence-electron chi connectivity index (χ4n) is 2.92. The van der Waals surface area contributed by atoms with Crippen molar-refractivity contribution in [2.75, 3.05) is 6.61 Å². The molecule has 0 aromatic carbocycles. The molecule has 1 aromatic rings. The quantitative estimate of drug-likeness (QED) is 0.765. The zero-order chi connectivity index (χ0) is 15.5. The van der Waals surface area contributed by atoms with Crippen LogP contribution < -0.4 is 0 Å². The number of hydrogen-bond donors (Lipinski definition) is 0. The molecular formula is C18H27NO2. The number of carbonyl (C=O) groups excluding carboxylic acids is 1. The van der Waals surface area contributed by atoms with Crippen molar-refractivity contribution in [3.05, 3.63) is 28.6 Å². The Kier molecular flexibility index (Phi) is 5.02. The first-order valence-electron chi connectivity index (χ1n) is 8.14. The summed E-state index contributed by atoms with van der Waals surface area (Å²) >= 11 is 0. The van der Waals surface area contributed by atoms with Crippen LogP contribution in [0.15, 0.2) is 6.07 Å². The van der Waals surface area contributed by atoms with Gasteiger partial charge >= 0.3 is 5.97 Å². The van der Waals surface area contributed by atoms with Crippen molar-refractivity contribution in [1.29, 1.82) is 0 Å². The molecule has 0 saturated carbocycles. The third kappa shape index (κ3) is 3.84. The SMILES string of the molecule is CCOC(=O)c1cc2c(nc1C(C)(C)C)CCCCCC2. The first-order chi connectivity index (χ1) is 9.93. The number of nitrogens with zero attached hydrogens (tertiary/aromatic N) is 1. The second-order valence-electron chi connectivity index (χ2n) is 6.88. The summed E-state index contributed by atoms with van der Waals surface area (Å²) in [7, 11) is 0. The monoisotopic (exact) mass is 289 g/mol. The fraction of sp³-hybridized carbons (Fsp3) is 0.667. The Labute approximate surface area is 128 Å². The smallest absolute Gasteiger partial charge is 0.340 e. The molecule has 0 N–H and O–H groups in total. The number of rotatable bonds is 2. The number of carbonyl (C=O) groups is 1. The van der Waals surface area contributed by atoms with Gasteiger partial charge in [-0.05, 0) is 44.2 Å². The molecule has 0 fully saturated rings. The van der Waals surface area contributed by atoms with Crippen LogP contribution in [0.3, 0.4) is 0 Å². The van der Waals surface area contributed by atoms with Crippen molar-refractivity contribution in [3.63, 3.8) is 0 Å². The van der Waals surface area contributed by atoms with E-state index in [1.807, 2.05) is 13.0 Å².